The molecule has 28 heavy (non-hydrogen) atoms. The van der Waals surface area contributed by atoms with Crippen LogP contribution in [0.1, 0.15) is 11.1 Å². The standard InChI is InChI=1S/C20H27N3O4S/c1-15-5-8-17(13-19(15)28(25,26)23(2)3)22-20(24)14-21-12-11-16-6-9-18(27-4)10-7-16/h5-10,13,21H,11-12,14H2,1-4H3,(H,22,24)/p+1. The summed E-state index contributed by atoms with van der Waals surface area (Å²) in [5.74, 6) is 0.646. The van der Waals surface area contributed by atoms with Crippen molar-refractivity contribution < 1.29 is 23.3 Å². The Labute approximate surface area is 166 Å². The molecule has 0 saturated heterocycles. The number of carbonyl (C=O) groups excluding carboxylic acids is 1. The molecule has 152 valence electrons. The molecule has 0 heterocycles. The van der Waals surface area contributed by atoms with Crippen molar-refractivity contribution in [1.82, 2.24) is 4.31 Å². The van der Waals surface area contributed by atoms with Gasteiger partial charge in [-0.15, -0.1) is 0 Å². The lowest BCUT2D eigenvalue weighted by Gasteiger charge is -2.15. The number of benzene rings is 2. The number of amides is 1. The normalized spacial score (nSPS) is 11.5. The van der Waals surface area contributed by atoms with Gasteiger partial charge < -0.3 is 15.4 Å². The maximum Gasteiger partial charge on any atom is 0.279 e. The van der Waals surface area contributed by atoms with E-state index in [4.69, 9.17) is 4.74 Å². The molecule has 8 heteroatoms. The fourth-order valence-corrected chi connectivity index (χ4v) is 3.80. The number of ether oxygens (including phenoxy) is 1. The summed E-state index contributed by atoms with van der Waals surface area (Å²) >= 11 is 0. The molecule has 1 amide bonds. The highest BCUT2D eigenvalue weighted by Crippen LogP contribution is 2.22. The molecule has 0 spiro atoms. The van der Waals surface area contributed by atoms with Gasteiger partial charge in [-0.2, -0.15) is 0 Å². The van der Waals surface area contributed by atoms with Gasteiger partial charge in [0.05, 0.1) is 18.6 Å². The minimum Gasteiger partial charge on any atom is -0.497 e. The Balaban J connectivity index is 1.87. The van der Waals surface area contributed by atoms with Gasteiger partial charge in [0.25, 0.3) is 5.91 Å². The van der Waals surface area contributed by atoms with Crippen molar-refractivity contribution in [2.24, 2.45) is 0 Å². The molecule has 7 nitrogen and oxygen atoms in total. The molecule has 0 unspecified atom stereocenters. The molecular weight excluding hydrogens is 378 g/mol. The summed E-state index contributed by atoms with van der Waals surface area (Å²) < 4.78 is 31.0. The second kappa shape index (κ2) is 9.68. The number of methoxy groups -OCH3 is 1. The average Bonchev–Trinajstić information content (AvgIpc) is 2.67. The van der Waals surface area contributed by atoms with Crippen LogP contribution in [0.2, 0.25) is 0 Å². The summed E-state index contributed by atoms with van der Waals surface area (Å²) in [7, 11) is 1.04. The van der Waals surface area contributed by atoms with E-state index in [2.05, 4.69) is 5.32 Å². The summed E-state index contributed by atoms with van der Waals surface area (Å²) in [6, 6.07) is 12.7. The predicted octanol–water partition coefficient (Wildman–Crippen LogP) is 0.999. The summed E-state index contributed by atoms with van der Waals surface area (Å²) in [4.78, 5) is 12.4. The number of quaternary nitrogens is 1. The molecule has 2 rings (SSSR count). The third-order valence-corrected chi connectivity index (χ3v) is 6.31. The molecular formula is C20H28N3O4S+. The van der Waals surface area contributed by atoms with Crippen LogP contribution in [0.5, 0.6) is 5.75 Å². The van der Waals surface area contributed by atoms with Crippen LogP contribution >= 0.6 is 0 Å². The van der Waals surface area contributed by atoms with Crippen molar-refractivity contribution in [2.75, 3.05) is 39.6 Å². The first-order chi connectivity index (χ1) is 13.2. The molecule has 0 aliphatic heterocycles. The van der Waals surface area contributed by atoms with Crippen molar-refractivity contribution in [3.05, 3.63) is 53.6 Å². The third-order valence-electron chi connectivity index (χ3n) is 4.36. The highest BCUT2D eigenvalue weighted by Gasteiger charge is 2.20. The van der Waals surface area contributed by atoms with Gasteiger partial charge in [0, 0.05) is 26.2 Å². The number of nitrogens with zero attached hydrogens (tertiary/aromatic N) is 1. The first kappa shape index (κ1) is 21.9. The second-order valence-electron chi connectivity index (χ2n) is 6.70. The SMILES string of the molecule is COc1ccc(CC[NH2+]CC(=O)Nc2ccc(C)c(S(=O)(=O)N(C)C)c2)cc1. The van der Waals surface area contributed by atoms with E-state index in [1.54, 1.807) is 26.2 Å². The number of hydrogen-bond donors (Lipinski definition) is 2. The quantitative estimate of drug-likeness (QED) is 0.608. The maximum atomic E-state index is 12.4. The molecule has 0 bridgehead atoms. The molecule has 0 aliphatic carbocycles. The zero-order valence-electron chi connectivity index (χ0n) is 16.7. The Bertz CT molecular complexity index is 910. The fraction of sp³-hybridized carbons (Fsp3) is 0.350. The Morgan fingerprint density at radius 3 is 2.43 bits per heavy atom. The third kappa shape index (κ3) is 5.79. The van der Waals surface area contributed by atoms with Gasteiger partial charge in [0.1, 0.15) is 5.75 Å². The van der Waals surface area contributed by atoms with Crippen LogP contribution in [0.3, 0.4) is 0 Å². The van der Waals surface area contributed by atoms with Gasteiger partial charge >= 0.3 is 0 Å². The van der Waals surface area contributed by atoms with E-state index in [9.17, 15) is 13.2 Å². The molecule has 0 atom stereocenters. The van der Waals surface area contributed by atoms with Crippen LogP contribution in [-0.2, 0) is 21.2 Å². The van der Waals surface area contributed by atoms with Crippen molar-refractivity contribution in [1.29, 1.82) is 0 Å². The number of sulfonamides is 1. The number of hydrogen-bond acceptors (Lipinski definition) is 4. The molecule has 0 aromatic heterocycles. The Hall–Kier alpha value is -2.42. The van der Waals surface area contributed by atoms with Gasteiger partial charge in [-0.05, 0) is 42.3 Å². The van der Waals surface area contributed by atoms with Gasteiger partial charge in [-0.1, -0.05) is 18.2 Å². The van der Waals surface area contributed by atoms with Gasteiger partial charge in [-0.25, -0.2) is 12.7 Å². The van der Waals surface area contributed by atoms with Gasteiger partial charge in [0.2, 0.25) is 10.0 Å². The zero-order valence-corrected chi connectivity index (χ0v) is 17.5. The topological polar surface area (TPSA) is 92.3 Å². The van der Waals surface area contributed by atoms with Crippen LogP contribution in [0, 0.1) is 6.92 Å². The number of aryl methyl sites for hydroxylation is 1. The Morgan fingerprint density at radius 1 is 1.14 bits per heavy atom. The molecule has 0 radical (unpaired) electrons. The van der Waals surface area contributed by atoms with Crippen LogP contribution in [0.15, 0.2) is 47.4 Å². The van der Waals surface area contributed by atoms with Gasteiger partial charge in [0.15, 0.2) is 6.54 Å². The lowest BCUT2D eigenvalue weighted by atomic mass is 10.1. The van der Waals surface area contributed by atoms with Crippen LogP contribution < -0.4 is 15.4 Å². The van der Waals surface area contributed by atoms with E-state index in [0.717, 1.165) is 23.0 Å². The molecule has 2 aromatic carbocycles. The van der Waals surface area contributed by atoms with Gasteiger partial charge in [-0.3, -0.25) is 4.79 Å². The van der Waals surface area contributed by atoms with E-state index in [-0.39, 0.29) is 17.3 Å². The summed E-state index contributed by atoms with van der Waals surface area (Å²) in [6.45, 7) is 2.77. The lowest BCUT2D eigenvalue weighted by Crippen LogP contribution is -2.86. The first-order valence-electron chi connectivity index (χ1n) is 9.01. The minimum absolute atomic E-state index is 0.174. The highest BCUT2D eigenvalue weighted by atomic mass is 32.2. The molecule has 0 aliphatic rings. The maximum absolute atomic E-state index is 12.4. The first-order valence-corrected chi connectivity index (χ1v) is 10.5. The number of nitrogens with two attached hydrogens (primary N) is 1. The zero-order chi connectivity index (χ0) is 20.7. The molecule has 0 fully saturated rings. The van der Waals surface area contributed by atoms with E-state index in [1.807, 2.05) is 29.6 Å². The van der Waals surface area contributed by atoms with E-state index in [0.29, 0.717) is 11.3 Å². The minimum atomic E-state index is -3.56. The number of carbonyl (C=O) groups is 1. The van der Waals surface area contributed by atoms with Crippen LogP contribution in [0.4, 0.5) is 5.69 Å². The van der Waals surface area contributed by atoms with Crippen molar-refractivity contribution >= 4 is 21.6 Å². The van der Waals surface area contributed by atoms with Crippen LogP contribution in [0.25, 0.3) is 0 Å². The lowest BCUT2D eigenvalue weighted by molar-refractivity contribution is -0.643. The Kier molecular flexibility index (Phi) is 7.56. The monoisotopic (exact) mass is 406 g/mol. The second-order valence-corrected chi connectivity index (χ2v) is 8.82. The summed E-state index contributed by atoms with van der Waals surface area (Å²) in [5, 5.41) is 4.69. The number of rotatable bonds is 9. The summed E-state index contributed by atoms with van der Waals surface area (Å²) in [5.41, 5.74) is 2.28. The van der Waals surface area contributed by atoms with Crippen molar-refractivity contribution in [2.45, 2.75) is 18.2 Å². The van der Waals surface area contributed by atoms with E-state index >= 15 is 0 Å². The smallest absolute Gasteiger partial charge is 0.279 e. The van der Waals surface area contributed by atoms with Crippen LogP contribution in [-0.4, -0.2) is 52.9 Å². The molecule has 0 saturated carbocycles. The fourth-order valence-electron chi connectivity index (χ4n) is 2.66. The number of anilines is 1. The number of nitrogens with one attached hydrogen (secondary N) is 1. The Morgan fingerprint density at radius 2 is 1.82 bits per heavy atom. The summed E-state index contributed by atoms with van der Waals surface area (Å²) in [6.07, 6.45) is 0.840. The van der Waals surface area contributed by atoms with E-state index < -0.39 is 10.0 Å². The van der Waals surface area contributed by atoms with Crippen molar-refractivity contribution in [3.8, 4) is 5.75 Å². The highest BCUT2D eigenvalue weighted by molar-refractivity contribution is 7.89. The van der Waals surface area contributed by atoms with Crippen molar-refractivity contribution in [3.63, 3.8) is 0 Å². The average molecular weight is 407 g/mol. The largest absolute Gasteiger partial charge is 0.497 e. The molecule has 2 aromatic rings. The molecule has 3 N–H and O–H groups in total. The van der Waals surface area contributed by atoms with E-state index in [1.165, 1.54) is 25.7 Å². The predicted molar refractivity (Wildman–Crippen MR) is 109 cm³/mol.